The van der Waals surface area contributed by atoms with Crippen LogP contribution >= 0.6 is 0 Å². The van der Waals surface area contributed by atoms with Crippen LogP contribution in [0.3, 0.4) is 0 Å². The number of aryl methyl sites for hydroxylation is 1. The van der Waals surface area contributed by atoms with E-state index in [1.807, 2.05) is 60.0 Å². The largest absolute Gasteiger partial charge is 0.497 e. The Bertz CT molecular complexity index is 830. The van der Waals surface area contributed by atoms with E-state index in [2.05, 4.69) is 0 Å². The van der Waals surface area contributed by atoms with E-state index in [1.54, 1.807) is 11.7 Å². The van der Waals surface area contributed by atoms with Gasteiger partial charge in [-0.3, -0.25) is 9.13 Å². The van der Waals surface area contributed by atoms with E-state index in [-0.39, 0.29) is 5.69 Å². The third-order valence-corrected chi connectivity index (χ3v) is 3.72. The van der Waals surface area contributed by atoms with Crippen LogP contribution in [0.1, 0.15) is 12.5 Å². The molecule has 108 valence electrons. The van der Waals surface area contributed by atoms with E-state index in [4.69, 9.17) is 4.74 Å². The van der Waals surface area contributed by atoms with Gasteiger partial charge >= 0.3 is 5.69 Å². The average molecular weight is 282 g/mol. The lowest BCUT2D eigenvalue weighted by Crippen LogP contribution is -2.24. The Labute approximate surface area is 123 Å². The Hall–Kier alpha value is -2.49. The molecule has 0 spiro atoms. The highest BCUT2D eigenvalue weighted by atomic mass is 16.5. The Kier molecular flexibility index (Phi) is 3.52. The number of hydrogen-bond donors (Lipinski definition) is 0. The van der Waals surface area contributed by atoms with Gasteiger partial charge in [-0.15, -0.1) is 0 Å². The molecule has 0 saturated heterocycles. The molecular formula is C17H18N2O2. The third-order valence-electron chi connectivity index (χ3n) is 3.72. The Balaban J connectivity index is 2.12. The molecule has 21 heavy (non-hydrogen) atoms. The summed E-state index contributed by atoms with van der Waals surface area (Å²) in [5.74, 6) is 0.805. The summed E-state index contributed by atoms with van der Waals surface area (Å²) in [6.07, 6.45) is 0. The molecule has 1 aromatic heterocycles. The van der Waals surface area contributed by atoms with Gasteiger partial charge in [-0.1, -0.05) is 24.3 Å². The number of nitrogens with zero attached hydrogens (tertiary/aromatic N) is 2. The van der Waals surface area contributed by atoms with E-state index in [1.165, 1.54) is 0 Å². The Morgan fingerprint density at radius 1 is 1.00 bits per heavy atom. The molecule has 0 atom stereocenters. The number of imidazole rings is 1. The van der Waals surface area contributed by atoms with Gasteiger partial charge < -0.3 is 4.74 Å². The Morgan fingerprint density at radius 2 is 1.71 bits per heavy atom. The highest BCUT2D eigenvalue weighted by molar-refractivity contribution is 5.76. The van der Waals surface area contributed by atoms with Crippen LogP contribution in [-0.4, -0.2) is 16.2 Å². The van der Waals surface area contributed by atoms with Crippen molar-refractivity contribution in [1.82, 2.24) is 9.13 Å². The van der Waals surface area contributed by atoms with Crippen molar-refractivity contribution in [2.45, 2.75) is 20.0 Å². The molecule has 3 aromatic rings. The van der Waals surface area contributed by atoms with Crippen molar-refractivity contribution in [2.24, 2.45) is 0 Å². The molecule has 4 heteroatoms. The molecule has 1 heterocycles. The van der Waals surface area contributed by atoms with Gasteiger partial charge in [0.25, 0.3) is 0 Å². The topological polar surface area (TPSA) is 36.2 Å². The van der Waals surface area contributed by atoms with Crippen molar-refractivity contribution in [3.05, 3.63) is 64.6 Å². The number of ether oxygens (including phenoxy) is 1. The smallest absolute Gasteiger partial charge is 0.329 e. The van der Waals surface area contributed by atoms with Crippen LogP contribution in [0.5, 0.6) is 5.75 Å². The molecule has 0 aliphatic heterocycles. The minimum absolute atomic E-state index is 0.0292. The summed E-state index contributed by atoms with van der Waals surface area (Å²) in [6, 6.07) is 15.7. The zero-order valence-electron chi connectivity index (χ0n) is 12.2. The van der Waals surface area contributed by atoms with Crippen molar-refractivity contribution in [3.8, 4) is 5.75 Å². The molecule has 4 nitrogen and oxygen atoms in total. The van der Waals surface area contributed by atoms with Crippen molar-refractivity contribution in [1.29, 1.82) is 0 Å². The average Bonchev–Trinajstić information content (AvgIpc) is 2.79. The molecule has 3 rings (SSSR count). The number of rotatable bonds is 4. The van der Waals surface area contributed by atoms with Crippen LogP contribution < -0.4 is 10.4 Å². The minimum atomic E-state index is 0.0292. The number of aromatic nitrogens is 2. The Morgan fingerprint density at radius 3 is 2.38 bits per heavy atom. The fourth-order valence-corrected chi connectivity index (χ4v) is 2.68. The van der Waals surface area contributed by atoms with Crippen LogP contribution in [-0.2, 0) is 13.1 Å². The predicted molar refractivity (Wildman–Crippen MR) is 84.0 cm³/mol. The first-order valence-corrected chi connectivity index (χ1v) is 7.05. The molecular weight excluding hydrogens is 264 g/mol. The van der Waals surface area contributed by atoms with E-state index < -0.39 is 0 Å². The van der Waals surface area contributed by atoms with Crippen molar-refractivity contribution in [3.63, 3.8) is 0 Å². The van der Waals surface area contributed by atoms with E-state index in [0.717, 1.165) is 22.3 Å². The first-order chi connectivity index (χ1) is 10.2. The lowest BCUT2D eigenvalue weighted by molar-refractivity contribution is 0.414. The van der Waals surface area contributed by atoms with Crippen LogP contribution in [0, 0.1) is 0 Å². The quantitative estimate of drug-likeness (QED) is 0.737. The lowest BCUT2D eigenvalue weighted by Gasteiger charge is -2.06. The van der Waals surface area contributed by atoms with Crippen LogP contribution in [0.25, 0.3) is 11.0 Å². The molecule has 0 fully saturated rings. The molecule has 2 aromatic carbocycles. The molecule has 0 radical (unpaired) electrons. The van der Waals surface area contributed by atoms with Gasteiger partial charge in [0.15, 0.2) is 0 Å². The fraction of sp³-hybridized carbons (Fsp3) is 0.235. The van der Waals surface area contributed by atoms with Crippen LogP contribution in [0.4, 0.5) is 0 Å². The minimum Gasteiger partial charge on any atom is -0.497 e. The monoisotopic (exact) mass is 282 g/mol. The van der Waals surface area contributed by atoms with Gasteiger partial charge in [0.1, 0.15) is 5.75 Å². The summed E-state index contributed by atoms with van der Waals surface area (Å²) in [5, 5.41) is 0. The fourth-order valence-electron chi connectivity index (χ4n) is 2.68. The van der Waals surface area contributed by atoms with Gasteiger partial charge in [-0.25, -0.2) is 4.79 Å². The predicted octanol–water partition coefficient (Wildman–Crippen LogP) is 2.88. The third kappa shape index (κ3) is 2.33. The van der Waals surface area contributed by atoms with E-state index in [9.17, 15) is 4.79 Å². The molecule has 0 saturated carbocycles. The van der Waals surface area contributed by atoms with Crippen molar-refractivity contribution < 1.29 is 4.74 Å². The molecule has 0 bridgehead atoms. The second kappa shape index (κ2) is 5.48. The molecule has 0 aliphatic carbocycles. The normalized spacial score (nSPS) is 11.0. The van der Waals surface area contributed by atoms with Crippen LogP contribution in [0.15, 0.2) is 53.3 Å². The first kappa shape index (κ1) is 13.5. The van der Waals surface area contributed by atoms with Crippen molar-refractivity contribution >= 4 is 11.0 Å². The van der Waals surface area contributed by atoms with Gasteiger partial charge in [0, 0.05) is 6.54 Å². The standard InChI is InChI=1S/C17H18N2O2/c1-3-18-15-9-4-5-10-16(15)19(17(18)20)12-13-7-6-8-14(11-13)21-2/h4-11H,3,12H2,1-2H3. The second-order valence-electron chi connectivity index (χ2n) is 4.95. The summed E-state index contributed by atoms with van der Waals surface area (Å²) in [5.41, 5.74) is 3.03. The number of benzene rings is 2. The number of para-hydroxylation sites is 2. The van der Waals surface area contributed by atoms with Crippen molar-refractivity contribution in [2.75, 3.05) is 7.11 Å². The summed E-state index contributed by atoms with van der Waals surface area (Å²) >= 11 is 0. The van der Waals surface area contributed by atoms with Gasteiger partial charge in [0.2, 0.25) is 0 Å². The zero-order chi connectivity index (χ0) is 14.8. The van der Waals surface area contributed by atoms with E-state index in [0.29, 0.717) is 13.1 Å². The SMILES string of the molecule is CCn1c(=O)n(Cc2cccc(OC)c2)c2ccccc21. The lowest BCUT2D eigenvalue weighted by atomic mass is 10.2. The van der Waals surface area contributed by atoms with Gasteiger partial charge in [-0.2, -0.15) is 0 Å². The second-order valence-corrected chi connectivity index (χ2v) is 4.95. The maximum Gasteiger partial charge on any atom is 0.329 e. The number of fused-ring (bicyclic) bond motifs is 1. The number of methoxy groups -OCH3 is 1. The summed E-state index contributed by atoms with van der Waals surface area (Å²) in [6.45, 7) is 3.21. The van der Waals surface area contributed by atoms with Crippen LogP contribution in [0.2, 0.25) is 0 Å². The first-order valence-electron chi connectivity index (χ1n) is 7.05. The van der Waals surface area contributed by atoms with E-state index >= 15 is 0 Å². The molecule has 0 N–H and O–H groups in total. The summed E-state index contributed by atoms with van der Waals surface area (Å²) in [4.78, 5) is 12.6. The number of hydrogen-bond acceptors (Lipinski definition) is 2. The maximum absolute atomic E-state index is 12.6. The summed E-state index contributed by atoms with van der Waals surface area (Å²) in [7, 11) is 1.65. The molecule has 0 unspecified atom stereocenters. The molecule has 0 aliphatic rings. The zero-order valence-corrected chi connectivity index (χ0v) is 12.2. The molecule has 0 amide bonds. The highest BCUT2D eigenvalue weighted by Gasteiger charge is 2.11. The summed E-state index contributed by atoms with van der Waals surface area (Å²) < 4.78 is 8.86. The van der Waals surface area contributed by atoms with Gasteiger partial charge in [0.05, 0.1) is 24.7 Å². The highest BCUT2D eigenvalue weighted by Crippen LogP contribution is 2.17. The van der Waals surface area contributed by atoms with Gasteiger partial charge in [-0.05, 0) is 36.8 Å². The maximum atomic E-state index is 12.6.